The Morgan fingerprint density at radius 2 is 0.806 bits per heavy atom. The van der Waals surface area contributed by atoms with Gasteiger partial charge in [-0.2, -0.15) is 0 Å². The number of benzene rings is 11. The Hall–Kier alpha value is -8.72. The largest absolute Gasteiger partial charge is 0.310 e. The van der Waals surface area contributed by atoms with E-state index in [4.69, 9.17) is 0 Å². The molecule has 0 atom stereocenters. The molecule has 0 spiro atoms. The van der Waals surface area contributed by atoms with Gasteiger partial charge in [-0.15, -0.1) is 0 Å². The van der Waals surface area contributed by atoms with Crippen LogP contribution in [0.2, 0.25) is 0 Å². The molecule has 2 nitrogen and oxygen atoms in total. The lowest BCUT2D eigenvalue weighted by molar-refractivity contribution is 0.768. The standard InChI is InChI=1S/C65H44N2/c1-3-20-49(21-4-1)65(50-22-5-2-6-23-50)59-29-13-9-26-55(59)56-43-42-52(44-60(56)65)66(61-33-17-19-47-18-7-8-24-53(47)61)51-40-38-46(39-41-51)45-34-36-48(37-35-45)54-25-10-14-30-62(54)67-63-31-15-11-27-57(63)58-28-12-16-32-64(58)67/h1-44H. The monoisotopic (exact) mass is 852 g/mol. The lowest BCUT2D eigenvalue weighted by Gasteiger charge is -2.35. The Bertz CT molecular complexity index is 3690. The summed E-state index contributed by atoms with van der Waals surface area (Å²) in [5, 5.41) is 4.94. The van der Waals surface area contributed by atoms with Gasteiger partial charge in [0, 0.05) is 33.1 Å². The molecule has 1 aliphatic rings. The quantitative estimate of drug-likeness (QED) is 0.148. The summed E-state index contributed by atoms with van der Waals surface area (Å²) < 4.78 is 2.41. The molecular formula is C65H44N2. The molecule has 1 aromatic heterocycles. The molecule has 0 radical (unpaired) electrons. The lowest BCUT2D eigenvalue weighted by atomic mass is 9.67. The number of rotatable bonds is 8. The molecule has 0 unspecified atom stereocenters. The maximum atomic E-state index is 2.46. The van der Waals surface area contributed by atoms with Crippen molar-refractivity contribution in [2.75, 3.05) is 4.90 Å². The first-order chi connectivity index (χ1) is 33.3. The SMILES string of the molecule is c1ccc(C2(c3ccccc3)c3ccccc3-c3ccc(N(c4ccc(-c5ccc(-c6ccccc6-n6c7ccccc7c7ccccc76)cc5)cc4)c4cccc5ccccc45)cc32)cc1. The van der Waals surface area contributed by atoms with Crippen LogP contribution in [0.25, 0.3) is 71.6 Å². The Labute approximate surface area is 390 Å². The zero-order valence-corrected chi connectivity index (χ0v) is 36.8. The maximum Gasteiger partial charge on any atom is 0.0714 e. The highest BCUT2D eigenvalue weighted by Crippen LogP contribution is 2.57. The molecule has 1 aliphatic carbocycles. The predicted octanol–water partition coefficient (Wildman–Crippen LogP) is 17.1. The Morgan fingerprint density at radius 3 is 1.49 bits per heavy atom. The van der Waals surface area contributed by atoms with Crippen LogP contribution in [0.1, 0.15) is 22.3 Å². The molecular weight excluding hydrogens is 809 g/mol. The summed E-state index contributed by atoms with van der Waals surface area (Å²) in [6.07, 6.45) is 0. The van der Waals surface area contributed by atoms with Crippen molar-refractivity contribution in [2.45, 2.75) is 5.41 Å². The predicted molar refractivity (Wildman–Crippen MR) is 281 cm³/mol. The first-order valence-corrected chi connectivity index (χ1v) is 23.2. The van der Waals surface area contributed by atoms with Gasteiger partial charge in [0.05, 0.1) is 27.8 Å². The summed E-state index contributed by atoms with van der Waals surface area (Å²) in [4.78, 5) is 2.45. The lowest BCUT2D eigenvalue weighted by Crippen LogP contribution is -2.28. The van der Waals surface area contributed by atoms with Gasteiger partial charge in [-0.25, -0.2) is 0 Å². The minimum Gasteiger partial charge on any atom is -0.310 e. The minimum absolute atomic E-state index is 0.505. The van der Waals surface area contributed by atoms with Gasteiger partial charge in [0.2, 0.25) is 0 Å². The second-order valence-corrected chi connectivity index (χ2v) is 17.6. The van der Waals surface area contributed by atoms with Crippen LogP contribution in [-0.4, -0.2) is 4.57 Å². The maximum absolute atomic E-state index is 2.46. The Morgan fingerprint density at radius 1 is 0.313 bits per heavy atom. The van der Waals surface area contributed by atoms with Gasteiger partial charge in [-0.05, 0) is 104 Å². The first kappa shape index (κ1) is 38.7. The zero-order valence-electron chi connectivity index (χ0n) is 36.8. The van der Waals surface area contributed by atoms with E-state index in [0.717, 1.165) is 17.1 Å². The van der Waals surface area contributed by atoms with Crippen molar-refractivity contribution in [3.8, 4) is 39.1 Å². The summed E-state index contributed by atoms with van der Waals surface area (Å²) in [5.74, 6) is 0. The molecule has 0 amide bonds. The van der Waals surface area contributed by atoms with Crippen molar-refractivity contribution in [2.24, 2.45) is 0 Å². The van der Waals surface area contributed by atoms with Crippen molar-refractivity contribution in [3.05, 3.63) is 289 Å². The van der Waals surface area contributed by atoms with Crippen molar-refractivity contribution in [3.63, 3.8) is 0 Å². The average Bonchev–Trinajstić information content (AvgIpc) is 3.90. The number of fused-ring (bicyclic) bond motifs is 7. The molecule has 67 heavy (non-hydrogen) atoms. The number of para-hydroxylation sites is 3. The number of aromatic nitrogens is 1. The van der Waals surface area contributed by atoms with E-state index in [1.165, 1.54) is 93.9 Å². The van der Waals surface area contributed by atoms with Crippen molar-refractivity contribution in [1.82, 2.24) is 4.57 Å². The second-order valence-electron chi connectivity index (χ2n) is 17.6. The van der Waals surface area contributed by atoms with Gasteiger partial charge in [0.15, 0.2) is 0 Å². The second kappa shape index (κ2) is 15.8. The van der Waals surface area contributed by atoms with Gasteiger partial charge < -0.3 is 9.47 Å². The molecule has 0 saturated heterocycles. The molecule has 0 saturated carbocycles. The van der Waals surface area contributed by atoms with Crippen LogP contribution >= 0.6 is 0 Å². The highest BCUT2D eigenvalue weighted by molar-refractivity contribution is 6.10. The molecule has 1 heterocycles. The average molecular weight is 853 g/mol. The molecule has 0 fully saturated rings. The van der Waals surface area contributed by atoms with Crippen LogP contribution in [0.4, 0.5) is 17.1 Å². The fraction of sp³-hybridized carbons (Fsp3) is 0.0154. The van der Waals surface area contributed by atoms with E-state index in [-0.39, 0.29) is 0 Å². The Balaban J connectivity index is 0.923. The fourth-order valence-electron chi connectivity index (χ4n) is 11.1. The summed E-state index contributed by atoms with van der Waals surface area (Å²) in [5.41, 5.74) is 18.8. The molecule has 11 aromatic carbocycles. The molecule has 0 aliphatic heterocycles. The summed E-state index contributed by atoms with van der Waals surface area (Å²) >= 11 is 0. The third kappa shape index (κ3) is 6.11. The van der Waals surface area contributed by atoms with E-state index in [2.05, 4.69) is 276 Å². The highest BCUT2D eigenvalue weighted by Gasteiger charge is 2.46. The summed E-state index contributed by atoms with van der Waals surface area (Å²) in [6.45, 7) is 0. The van der Waals surface area contributed by atoms with Crippen LogP contribution in [0.5, 0.6) is 0 Å². The molecule has 13 rings (SSSR count). The van der Waals surface area contributed by atoms with E-state index < -0.39 is 5.41 Å². The molecule has 12 aromatic rings. The van der Waals surface area contributed by atoms with Gasteiger partial charge in [-0.3, -0.25) is 0 Å². The number of nitrogens with zero attached hydrogens (tertiary/aromatic N) is 2. The summed E-state index contributed by atoms with van der Waals surface area (Å²) in [7, 11) is 0. The van der Waals surface area contributed by atoms with E-state index >= 15 is 0 Å². The highest BCUT2D eigenvalue weighted by atomic mass is 15.1. The summed E-state index contributed by atoms with van der Waals surface area (Å²) in [6, 6.07) is 98.0. The van der Waals surface area contributed by atoms with E-state index in [9.17, 15) is 0 Å². The van der Waals surface area contributed by atoms with Crippen LogP contribution < -0.4 is 4.90 Å². The van der Waals surface area contributed by atoms with Crippen LogP contribution in [-0.2, 0) is 5.41 Å². The number of hydrogen-bond donors (Lipinski definition) is 0. The zero-order chi connectivity index (χ0) is 44.3. The third-order valence-electron chi connectivity index (χ3n) is 14.1. The van der Waals surface area contributed by atoms with Crippen LogP contribution in [0.15, 0.2) is 267 Å². The number of anilines is 3. The molecule has 0 bridgehead atoms. The number of hydrogen-bond acceptors (Lipinski definition) is 1. The van der Waals surface area contributed by atoms with Crippen molar-refractivity contribution < 1.29 is 0 Å². The van der Waals surface area contributed by atoms with Crippen molar-refractivity contribution >= 4 is 49.6 Å². The van der Waals surface area contributed by atoms with Crippen LogP contribution in [0, 0.1) is 0 Å². The molecule has 2 heteroatoms. The van der Waals surface area contributed by atoms with Gasteiger partial charge in [-0.1, -0.05) is 218 Å². The van der Waals surface area contributed by atoms with E-state index in [1.807, 2.05) is 0 Å². The normalized spacial score (nSPS) is 12.6. The topological polar surface area (TPSA) is 8.17 Å². The van der Waals surface area contributed by atoms with Crippen molar-refractivity contribution in [1.29, 1.82) is 0 Å². The van der Waals surface area contributed by atoms with Crippen LogP contribution in [0.3, 0.4) is 0 Å². The van der Waals surface area contributed by atoms with Gasteiger partial charge >= 0.3 is 0 Å². The van der Waals surface area contributed by atoms with E-state index in [1.54, 1.807) is 0 Å². The first-order valence-electron chi connectivity index (χ1n) is 23.2. The third-order valence-corrected chi connectivity index (χ3v) is 14.1. The minimum atomic E-state index is -0.505. The molecule has 314 valence electrons. The van der Waals surface area contributed by atoms with Gasteiger partial charge in [0.25, 0.3) is 0 Å². The molecule has 0 N–H and O–H groups in total. The van der Waals surface area contributed by atoms with E-state index in [0.29, 0.717) is 0 Å². The smallest absolute Gasteiger partial charge is 0.0714 e. The Kier molecular flexibility index (Phi) is 9.11. The van der Waals surface area contributed by atoms with Gasteiger partial charge in [0.1, 0.15) is 0 Å². The fourth-order valence-corrected chi connectivity index (χ4v) is 11.1.